The predicted molar refractivity (Wildman–Crippen MR) is 74.5 cm³/mol. The Morgan fingerprint density at radius 2 is 1.95 bits per heavy atom. The van der Waals surface area contributed by atoms with Gasteiger partial charge in [0.1, 0.15) is 5.82 Å². The zero-order valence-electron chi connectivity index (χ0n) is 10.4. The maximum Gasteiger partial charge on any atom is 0.255 e. The smallest absolute Gasteiger partial charge is 0.255 e. The van der Waals surface area contributed by atoms with Crippen LogP contribution in [0.25, 0.3) is 0 Å². The van der Waals surface area contributed by atoms with Crippen LogP contribution in [0.1, 0.15) is 10.4 Å². The van der Waals surface area contributed by atoms with Gasteiger partial charge in [-0.15, -0.1) is 11.6 Å². The summed E-state index contributed by atoms with van der Waals surface area (Å²) in [7, 11) is 0. The van der Waals surface area contributed by atoms with E-state index in [9.17, 15) is 9.18 Å². The van der Waals surface area contributed by atoms with E-state index < -0.39 is 5.82 Å². The van der Waals surface area contributed by atoms with Crippen LogP contribution >= 0.6 is 23.2 Å². The van der Waals surface area contributed by atoms with Crippen molar-refractivity contribution >= 4 is 29.1 Å². The summed E-state index contributed by atoms with van der Waals surface area (Å²) < 4.78 is 13.0. The van der Waals surface area contributed by atoms with E-state index in [1.54, 1.807) is 4.90 Å². The van der Waals surface area contributed by atoms with Crippen LogP contribution < -0.4 is 0 Å². The second-order valence-corrected chi connectivity index (χ2v) is 5.23. The van der Waals surface area contributed by atoms with Gasteiger partial charge in [0, 0.05) is 38.6 Å². The molecule has 1 aliphatic heterocycles. The molecule has 0 spiro atoms. The highest BCUT2D eigenvalue weighted by Crippen LogP contribution is 2.19. The lowest BCUT2D eigenvalue weighted by Crippen LogP contribution is -2.49. The maximum atomic E-state index is 13.0. The molecule has 0 saturated carbocycles. The summed E-state index contributed by atoms with van der Waals surface area (Å²) in [6.45, 7) is 3.72. The highest BCUT2D eigenvalue weighted by molar-refractivity contribution is 6.33. The largest absolute Gasteiger partial charge is 0.336 e. The number of rotatable bonds is 3. The number of alkyl halides is 1. The number of piperazine rings is 1. The quantitative estimate of drug-likeness (QED) is 0.801. The van der Waals surface area contributed by atoms with Crippen LogP contribution in [0.2, 0.25) is 5.02 Å². The molecule has 1 saturated heterocycles. The Morgan fingerprint density at radius 1 is 1.26 bits per heavy atom. The van der Waals surface area contributed by atoms with Crippen molar-refractivity contribution in [2.24, 2.45) is 0 Å². The second-order valence-electron chi connectivity index (χ2n) is 4.45. The van der Waals surface area contributed by atoms with Crippen LogP contribution in [0, 0.1) is 5.82 Å². The van der Waals surface area contributed by atoms with Gasteiger partial charge >= 0.3 is 0 Å². The first-order valence-corrected chi connectivity index (χ1v) is 7.05. The molecule has 6 heteroatoms. The van der Waals surface area contributed by atoms with Crippen molar-refractivity contribution in [1.82, 2.24) is 9.80 Å². The highest BCUT2D eigenvalue weighted by Gasteiger charge is 2.23. The second kappa shape index (κ2) is 6.55. The molecule has 1 aromatic carbocycles. The van der Waals surface area contributed by atoms with Crippen molar-refractivity contribution in [2.75, 3.05) is 38.6 Å². The first-order valence-electron chi connectivity index (χ1n) is 6.14. The Bertz CT molecular complexity index is 462. The molecule has 0 atom stereocenters. The van der Waals surface area contributed by atoms with Gasteiger partial charge in [0.2, 0.25) is 0 Å². The average molecular weight is 305 g/mol. The number of carbonyl (C=O) groups is 1. The van der Waals surface area contributed by atoms with E-state index in [0.29, 0.717) is 24.5 Å². The third-order valence-electron chi connectivity index (χ3n) is 3.22. The van der Waals surface area contributed by atoms with Gasteiger partial charge in [0.05, 0.1) is 10.6 Å². The third kappa shape index (κ3) is 3.59. The van der Waals surface area contributed by atoms with Gasteiger partial charge < -0.3 is 4.90 Å². The number of amides is 1. The van der Waals surface area contributed by atoms with Crippen LogP contribution in [-0.4, -0.2) is 54.3 Å². The summed E-state index contributed by atoms with van der Waals surface area (Å²) in [5, 5.41) is 0.160. The minimum atomic E-state index is -0.437. The number of benzene rings is 1. The Hall–Kier alpha value is -0.840. The Kier molecular flexibility index (Phi) is 5.02. The van der Waals surface area contributed by atoms with E-state index in [-0.39, 0.29) is 10.9 Å². The van der Waals surface area contributed by atoms with E-state index in [1.165, 1.54) is 18.2 Å². The Morgan fingerprint density at radius 3 is 2.53 bits per heavy atom. The van der Waals surface area contributed by atoms with Crippen molar-refractivity contribution in [3.8, 4) is 0 Å². The van der Waals surface area contributed by atoms with Crippen LogP contribution in [0.15, 0.2) is 18.2 Å². The molecule has 0 unspecified atom stereocenters. The van der Waals surface area contributed by atoms with Gasteiger partial charge in [-0.3, -0.25) is 9.69 Å². The van der Waals surface area contributed by atoms with Crippen LogP contribution in [0.3, 0.4) is 0 Å². The molecule has 0 aromatic heterocycles. The van der Waals surface area contributed by atoms with E-state index in [1.807, 2.05) is 0 Å². The van der Waals surface area contributed by atoms with Gasteiger partial charge in [-0.1, -0.05) is 11.6 Å². The summed E-state index contributed by atoms with van der Waals surface area (Å²) in [5.41, 5.74) is 0.355. The molecule has 19 heavy (non-hydrogen) atoms. The molecule has 104 valence electrons. The first kappa shape index (κ1) is 14.6. The maximum absolute atomic E-state index is 13.0. The summed E-state index contributed by atoms with van der Waals surface area (Å²) in [4.78, 5) is 16.2. The van der Waals surface area contributed by atoms with Crippen molar-refractivity contribution < 1.29 is 9.18 Å². The molecule has 0 bridgehead atoms. The molecular weight excluding hydrogens is 290 g/mol. The van der Waals surface area contributed by atoms with E-state index in [4.69, 9.17) is 23.2 Å². The summed E-state index contributed by atoms with van der Waals surface area (Å²) in [6.07, 6.45) is 0. The molecule has 1 fully saturated rings. The third-order valence-corrected chi connectivity index (χ3v) is 3.70. The fraction of sp³-hybridized carbons (Fsp3) is 0.462. The minimum absolute atomic E-state index is 0.143. The average Bonchev–Trinajstić information content (AvgIpc) is 2.39. The van der Waals surface area contributed by atoms with Crippen molar-refractivity contribution in [3.63, 3.8) is 0 Å². The molecular formula is C13H15Cl2FN2O. The van der Waals surface area contributed by atoms with E-state index in [2.05, 4.69) is 4.90 Å². The molecule has 1 aromatic rings. The molecule has 1 amide bonds. The fourth-order valence-electron chi connectivity index (χ4n) is 2.13. The molecule has 1 aliphatic rings. The molecule has 0 radical (unpaired) electrons. The molecule has 0 N–H and O–H groups in total. The van der Waals surface area contributed by atoms with Crippen LogP contribution in [-0.2, 0) is 0 Å². The standard InChI is InChI=1S/C13H15Cl2FN2O/c14-3-4-17-5-7-18(8-6-17)13(19)11-2-1-10(16)9-12(11)15/h1-2,9H,3-8H2. The highest BCUT2D eigenvalue weighted by atomic mass is 35.5. The monoisotopic (exact) mass is 304 g/mol. The lowest BCUT2D eigenvalue weighted by Gasteiger charge is -2.34. The van der Waals surface area contributed by atoms with Gasteiger partial charge in [-0.05, 0) is 18.2 Å². The zero-order chi connectivity index (χ0) is 13.8. The number of halogens is 3. The van der Waals surface area contributed by atoms with Crippen molar-refractivity contribution in [3.05, 3.63) is 34.6 Å². The number of nitrogens with zero attached hydrogens (tertiary/aromatic N) is 2. The summed E-state index contributed by atoms with van der Waals surface area (Å²) in [6, 6.07) is 3.85. The van der Waals surface area contributed by atoms with Crippen LogP contribution in [0.5, 0.6) is 0 Å². The number of carbonyl (C=O) groups excluding carboxylic acids is 1. The number of hydrogen-bond donors (Lipinski definition) is 0. The van der Waals surface area contributed by atoms with Gasteiger partial charge in [0.15, 0.2) is 0 Å². The Balaban J connectivity index is 2.01. The molecule has 2 rings (SSSR count). The predicted octanol–water partition coefficient (Wildman–Crippen LogP) is 2.48. The fourth-order valence-corrected chi connectivity index (χ4v) is 2.61. The Labute approximate surface area is 121 Å². The first-order chi connectivity index (χ1) is 9.11. The summed E-state index contributed by atoms with van der Waals surface area (Å²) in [5.74, 6) is 0.0154. The minimum Gasteiger partial charge on any atom is -0.336 e. The van der Waals surface area contributed by atoms with Crippen molar-refractivity contribution in [2.45, 2.75) is 0 Å². The molecule has 1 heterocycles. The van der Waals surface area contributed by atoms with Gasteiger partial charge in [-0.2, -0.15) is 0 Å². The molecule has 0 aliphatic carbocycles. The lowest BCUT2D eigenvalue weighted by molar-refractivity contribution is 0.0644. The van der Waals surface area contributed by atoms with Gasteiger partial charge in [-0.25, -0.2) is 4.39 Å². The van der Waals surface area contributed by atoms with Crippen LogP contribution in [0.4, 0.5) is 4.39 Å². The van der Waals surface area contributed by atoms with Gasteiger partial charge in [0.25, 0.3) is 5.91 Å². The summed E-state index contributed by atoms with van der Waals surface area (Å²) >= 11 is 11.6. The topological polar surface area (TPSA) is 23.6 Å². The molecule has 3 nitrogen and oxygen atoms in total. The zero-order valence-corrected chi connectivity index (χ0v) is 11.9. The normalized spacial score (nSPS) is 16.7. The lowest BCUT2D eigenvalue weighted by atomic mass is 10.1. The van der Waals surface area contributed by atoms with E-state index in [0.717, 1.165) is 19.6 Å². The SMILES string of the molecule is O=C(c1ccc(F)cc1Cl)N1CCN(CCCl)CC1. The number of hydrogen-bond acceptors (Lipinski definition) is 2. The van der Waals surface area contributed by atoms with Crippen molar-refractivity contribution in [1.29, 1.82) is 0 Å². The van der Waals surface area contributed by atoms with E-state index >= 15 is 0 Å².